The molecule has 3 aromatic carbocycles. The zero-order valence-electron chi connectivity index (χ0n) is 18.0. The third-order valence-corrected chi connectivity index (χ3v) is 6.15. The Bertz CT molecular complexity index is 1200. The van der Waals surface area contributed by atoms with Gasteiger partial charge in [0.1, 0.15) is 5.82 Å². The number of aromatic amines is 1. The number of hydrogen-bond donors (Lipinski definition) is 5. The van der Waals surface area contributed by atoms with Crippen molar-refractivity contribution in [3.8, 4) is 11.3 Å². The summed E-state index contributed by atoms with van der Waals surface area (Å²) in [5.41, 5.74) is 7.74. The van der Waals surface area contributed by atoms with E-state index in [0.29, 0.717) is 0 Å². The van der Waals surface area contributed by atoms with E-state index in [2.05, 4.69) is 46.8 Å². The van der Waals surface area contributed by atoms with E-state index >= 15 is 0 Å². The summed E-state index contributed by atoms with van der Waals surface area (Å²) in [6.45, 7) is 4.09. The first-order chi connectivity index (χ1) is 15.5. The second kappa shape index (κ2) is 8.15. The van der Waals surface area contributed by atoms with Crippen molar-refractivity contribution in [2.24, 2.45) is 0 Å². The first-order valence-corrected chi connectivity index (χ1v) is 10.7. The number of aliphatic hydroxyl groups excluding tert-OH is 2. The fraction of sp³-hybridized carbons (Fsp3) is 0.192. The summed E-state index contributed by atoms with van der Waals surface area (Å²) in [5, 5.41) is 26.2. The van der Waals surface area contributed by atoms with E-state index in [1.54, 1.807) is 0 Å². The van der Waals surface area contributed by atoms with Gasteiger partial charge >= 0.3 is 0 Å². The molecule has 2 atom stereocenters. The molecule has 6 nitrogen and oxygen atoms in total. The lowest BCUT2D eigenvalue weighted by atomic mass is 9.90. The van der Waals surface area contributed by atoms with Gasteiger partial charge in [0.25, 0.3) is 0 Å². The minimum absolute atomic E-state index is 0.0365. The molecule has 32 heavy (non-hydrogen) atoms. The van der Waals surface area contributed by atoms with Crippen LogP contribution in [0.1, 0.15) is 34.0 Å². The molecule has 6 heteroatoms. The molecule has 0 amide bonds. The zero-order valence-corrected chi connectivity index (χ0v) is 18.0. The highest BCUT2D eigenvalue weighted by molar-refractivity contribution is 5.90. The third-order valence-electron chi connectivity index (χ3n) is 6.15. The van der Waals surface area contributed by atoms with Crippen LogP contribution in [0.4, 0.5) is 11.4 Å². The predicted molar refractivity (Wildman–Crippen MR) is 127 cm³/mol. The topological polar surface area (TPSA) is 93.2 Å². The molecule has 5 rings (SSSR count). The normalized spacial score (nSPS) is 17.5. The number of fused-ring (bicyclic) bond motifs is 1. The smallest absolute Gasteiger partial charge is 0.169 e. The number of benzene rings is 3. The van der Waals surface area contributed by atoms with Gasteiger partial charge in [-0.25, -0.2) is 4.98 Å². The average Bonchev–Trinajstić information content (AvgIpc) is 3.27. The highest BCUT2D eigenvalue weighted by Gasteiger charge is 2.29. The zero-order chi connectivity index (χ0) is 22.2. The van der Waals surface area contributed by atoms with Crippen molar-refractivity contribution >= 4 is 11.4 Å². The Morgan fingerprint density at radius 2 is 1.44 bits per heavy atom. The van der Waals surface area contributed by atoms with Gasteiger partial charge in [-0.2, -0.15) is 0 Å². The standard InChI is InChI=1S/C26H26N4O2/c1-15-13-19-23(30-26(32)25(31)29-19)21(16(15)2)20-14-27-24(28-20)22(17-9-5-3-6-10-17)18-11-7-4-8-12-18/h3-14,22,25-26,29-32H,1-2H3,(H,27,28). The van der Waals surface area contributed by atoms with Crippen molar-refractivity contribution < 1.29 is 10.2 Å². The molecule has 0 fully saturated rings. The number of aryl methyl sites for hydroxylation is 1. The van der Waals surface area contributed by atoms with Crippen LogP contribution >= 0.6 is 0 Å². The van der Waals surface area contributed by atoms with Crippen molar-refractivity contribution in [2.45, 2.75) is 32.2 Å². The fourth-order valence-electron chi connectivity index (χ4n) is 4.39. The van der Waals surface area contributed by atoms with Gasteiger partial charge in [0, 0.05) is 5.56 Å². The van der Waals surface area contributed by atoms with Crippen LogP contribution in [0, 0.1) is 13.8 Å². The van der Waals surface area contributed by atoms with Gasteiger partial charge in [0.2, 0.25) is 0 Å². The molecule has 0 spiro atoms. The molecular formula is C26H26N4O2. The minimum Gasteiger partial charge on any atom is -0.369 e. The molecule has 5 N–H and O–H groups in total. The van der Waals surface area contributed by atoms with Crippen LogP contribution in [0.2, 0.25) is 0 Å². The van der Waals surface area contributed by atoms with Crippen LogP contribution in [0.5, 0.6) is 0 Å². The van der Waals surface area contributed by atoms with E-state index in [9.17, 15) is 10.2 Å². The van der Waals surface area contributed by atoms with Crippen LogP contribution in [-0.2, 0) is 0 Å². The number of aliphatic hydroxyl groups is 2. The van der Waals surface area contributed by atoms with Crippen molar-refractivity contribution in [2.75, 3.05) is 10.6 Å². The van der Waals surface area contributed by atoms with E-state index in [1.165, 1.54) is 0 Å². The van der Waals surface area contributed by atoms with E-state index in [4.69, 9.17) is 4.98 Å². The van der Waals surface area contributed by atoms with Crippen molar-refractivity contribution in [3.63, 3.8) is 0 Å². The summed E-state index contributed by atoms with van der Waals surface area (Å²) < 4.78 is 0. The second-order valence-corrected chi connectivity index (χ2v) is 8.23. The Morgan fingerprint density at radius 1 is 0.844 bits per heavy atom. The SMILES string of the molecule is Cc1cc2c(c(-c3cnc(C(c4ccccc4)c4ccccc4)[nH]3)c1C)NC(O)C(O)N2. The number of aromatic nitrogens is 2. The van der Waals surface area contributed by atoms with Gasteiger partial charge in [-0.05, 0) is 42.2 Å². The van der Waals surface area contributed by atoms with Crippen LogP contribution in [-0.4, -0.2) is 32.6 Å². The van der Waals surface area contributed by atoms with Crippen LogP contribution < -0.4 is 10.6 Å². The Hall–Kier alpha value is -3.61. The van der Waals surface area contributed by atoms with Crippen molar-refractivity contribution in [1.29, 1.82) is 0 Å². The summed E-state index contributed by atoms with van der Waals surface area (Å²) in [6.07, 6.45) is -0.336. The number of H-pyrrole nitrogens is 1. The van der Waals surface area contributed by atoms with Gasteiger partial charge in [0.05, 0.1) is 29.2 Å². The van der Waals surface area contributed by atoms with Gasteiger partial charge in [-0.15, -0.1) is 0 Å². The lowest BCUT2D eigenvalue weighted by Crippen LogP contribution is -2.43. The van der Waals surface area contributed by atoms with E-state index in [1.807, 2.05) is 55.6 Å². The number of nitrogens with zero attached hydrogens (tertiary/aromatic N) is 1. The molecule has 4 aromatic rings. The molecule has 162 valence electrons. The molecule has 1 aromatic heterocycles. The fourth-order valence-corrected chi connectivity index (χ4v) is 4.39. The third kappa shape index (κ3) is 3.53. The Labute approximate surface area is 187 Å². The Kier molecular flexibility index (Phi) is 5.17. The molecule has 0 bridgehead atoms. The summed E-state index contributed by atoms with van der Waals surface area (Å²) in [5.74, 6) is 0.807. The molecule has 0 saturated heterocycles. The van der Waals surface area contributed by atoms with Crippen LogP contribution in [0.3, 0.4) is 0 Å². The number of nitrogens with one attached hydrogen (secondary N) is 3. The summed E-state index contributed by atoms with van der Waals surface area (Å²) >= 11 is 0. The summed E-state index contributed by atoms with van der Waals surface area (Å²) in [7, 11) is 0. The quantitative estimate of drug-likeness (QED) is 0.335. The number of rotatable bonds is 4. The van der Waals surface area contributed by atoms with Crippen molar-refractivity contribution in [1.82, 2.24) is 9.97 Å². The average molecular weight is 427 g/mol. The van der Waals surface area contributed by atoms with E-state index in [-0.39, 0.29) is 5.92 Å². The number of anilines is 2. The highest BCUT2D eigenvalue weighted by atomic mass is 16.4. The molecule has 0 saturated carbocycles. The second-order valence-electron chi connectivity index (χ2n) is 8.23. The Morgan fingerprint density at radius 3 is 2.06 bits per heavy atom. The molecule has 2 unspecified atom stereocenters. The van der Waals surface area contributed by atoms with E-state index in [0.717, 1.165) is 50.7 Å². The molecular weight excluding hydrogens is 400 g/mol. The maximum Gasteiger partial charge on any atom is 0.169 e. The number of hydrogen-bond acceptors (Lipinski definition) is 5. The molecule has 0 radical (unpaired) electrons. The number of imidazole rings is 1. The van der Waals surface area contributed by atoms with Gasteiger partial charge < -0.3 is 25.8 Å². The maximum absolute atomic E-state index is 10.2. The predicted octanol–water partition coefficient (Wildman–Crippen LogP) is 4.35. The summed E-state index contributed by atoms with van der Waals surface area (Å²) in [6, 6.07) is 22.6. The molecule has 0 aliphatic carbocycles. The molecule has 1 aliphatic rings. The van der Waals surface area contributed by atoms with Gasteiger partial charge in [-0.1, -0.05) is 60.7 Å². The van der Waals surface area contributed by atoms with E-state index < -0.39 is 12.5 Å². The molecule has 1 aliphatic heterocycles. The van der Waals surface area contributed by atoms with Gasteiger partial charge in [-0.3, -0.25) is 0 Å². The lowest BCUT2D eigenvalue weighted by Gasteiger charge is -2.32. The lowest BCUT2D eigenvalue weighted by molar-refractivity contribution is 0.0528. The van der Waals surface area contributed by atoms with Crippen molar-refractivity contribution in [3.05, 3.63) is 101 Å². The van der Waals surface area contributed by atoms with Crippen LogP contribution in [0.15, 0.2) is 72.9 Å². The monoisotopic (exact) mass is 426 g/mol. The summed E-state index contributed by atoms with van der Waals surface area (Å²) in [4.78, 5) is 8.33. The Balaban J connectivity index is 1.64. The largest absolute Gasteiger partial charge is 0.369 e. The van der Waals surface area contributed by atoms with Gasteiger partial charge in [0.15, 0.2) is 12.5 Å². The molecule has 2 heterocycles. The highest BCUT2D eigenvalue weighted by Crippen LogP contribution is 2.42. The minimum atomic E-state index is -1.10. The first-order valence-electron chi connectivity index (χ1n) is 10.7. The van der Waals surface area contributed by atoms with Crippen LogP contribution in [0.25, 0.3) is 11.3 Å². The maximum atomic E-state index is 10.2. The first kappa shape index (κ1) is 20.3.